The molecule has 0 radical (unpaired) electrons. The molecule has 0 unspecified atom stereocenters. The molecule has 2 aromatic carbocycles. The minimum Gasteiger partial charge on any atom is -0.379 e. The van der Waals surface area contributed by atoms with Gasteiger partial charge in [0.2, 0.25) is 0 Å². The minimum atomic E-state index is -4.13. The van der Waals surface area contributed by atoms with Gasteiger partial charge in [0, 0.05) is 3.57 Å². The summed E-state index contributed by atoms with van der Waals surface area (Å²) in [5, 5.41) is 0. The second-order valence-corrected chi connectivity index (χ2v) is 6.18. The van der Waals surface area contributed by atoms with Crippen molar-refractivity contribution < 1.29 is 17.0 Å². The van der Waals surface area contributed by atoms with Crippen LogP contribution in [0.15, 0.2) is 53.4 Å². The first-order valence-electron chi connectivity index (χ1n) is 4.93. The Balaban J connectivity index is 2.33. The largest absolute Gasteiger partial charge is 0.379 e. The van der Waals surface area contributed by atoms with Crippen LogP contribution in [0.2, 0.25) is 0 Å². The van der Waals surface area contributed by atoms with Crippen LogP contribution in [-0.4, -0.2) is 8.42 Å². The molecule has 18 heavy (non-hydrogen) atoms. The second kappa shape index (κ2) is 5.23. The lowest BCUT2D eigenvalue weighted by Crippen LogP contribution is -2.11. The van der Waals surface area contributed by atoms with Gasteiger partial charge in [-0.25, -0.2) is 4.39 Å². The van der Waals surface area contributed by atoms with Gasteiger partial charge < -0.3 is 4.18 Å². The number of rotatable bonds is 3. The highest BCUT2D eigenvalue weighted by Crippen LogP contribution is 2.21. The predicted octanol–water partition coefficient (Wildman–Crippen LogP) is 3.20. The fourth-order valence-corrected chi connectivity index (χ4v) is 2.68. The summed E-state index contributed by atoms with van der Waals surface area (Å²) in [6.45, 7) is 0. The molecule has 2 aromatic rings. The summed E-state index contributed by atoms with van der Waals surface area (Å²) in [5.74, 6) is -0.679. The third-order valence-electron chi connectivity index (χ3n) is 2.13. The molecular weight excluding hydrogens is 370 g/mol. The summed E-state index contributed by atoms with van der Waals surface area (Å²) in [5.41, 5.74) is 0. The molecule has 0 aliphatic heterocycles. The highest BCUT2D eigenvalue weighted by molar-refractivity contribution is 14.1. The van der Waals surface area contributed by atoms with Gasteiger partial charge in [-0.3, -0.25) is 0 Å². The number of benzene rings is 2. The van der Waals surface area contributed by atoms with Crippen LogP contribution in [0.4, 0.5) is 4.39 Å². The molecule has 0 atom stereocenters. The molecule has 94 valence electrons. The van der Waals surface area contributed by atoms with Gasteiger partial charge in [-0.2, -0.15) is 8.42 Å². The predicted molar refractivity (Wildman–Crippen MR) is 73.4 cm³/mol. The summed E-state index contributed by atoms with van der Waals surface area (Å²) in [6, 6.07) is 11.5. The standard InChI is InChI=1S/C12H8FIO3S/c13-11-3-1-2-4-12(11)18(15,16)17-10-7-5-9(14)6-8-10/h1-8H. The maximum Gasteiger partial charge on any atom is 0.342 e. The normalized spacial score (nSPS) is 11.2. The highest BCUT2D eigenvalue weighted by atomic mass is 127. The Morgan fingerprint density at radius 2 is 1.61 bits per heavy atom. The Bertz CT molecular complexity index is 653. The monoisotopic (exact) mass is 378 g/mol. The van der Waals surface area contributed by atoms with Gasteiger partial charge in [0.25, 0.3) is 0 Å². The SMILES string of the molecule is O=S(=O)(Oc1ccc(I)cc1)c1ccccc1F. The Hall–Kier alpha value is -1.15. The molecule has 0 aliphatic rings. The Labute approximate surface area is 118 Å². The minimum absolute atomic E-state index is 0.152. The van der Waals surface area contributed by atoms with Crippen LogP contribution in [-0.2, 0) is 10.1 Å². The number of halogens is 2. The third kappa shape index (κ3) is 2.99. The topological polar surface area (TPSA) is 43.4 Å². The molecule has 0 aromatic heterocycles. The molecule has 6 heteroatoms. The first-order chi connectivity index (χ1) is 8.49. The van der Waals surface area contributed by atoms with E-state index in [9.17, 15) is 12.8 Å². The van der Waals surface area contributed by atoms with Gasteiger partial charge in [0.05, 0.1) is 0 Å². The molecule has 0 saturated carbocycles. The molecule has 0 aliphatic carbocycles. The molecule has 0 N–H and O–H groups in total. The van der Waals surface area contributed by atoms with Crippen molar-refractivity contribution in [2.45, 2.75) is 4.90 Å². The lowest BCUT2D eigenvalue weighted by molar-refractivity contribution is 0.476. The first-order valence-corrected chi connectivity index (χ1v) is 7.42. The zero-order valence-electron chi connectivity index (χ0n) is 9.01. The summed E-state index contributed by atoms with van der Waals surface area (Å²) >= 11 is 2.09. The van der Waals surface area contributed by atoms with E-state index in [0.717, 1.165) is 15.7 Å². The van der Waals surface area contributed by atoms with Crippen LogP contribution in [0.5, 0.6) is 5.75 Å². The lowest BCUT2D eigenvalue weighted by atomic mass is 10.3. The van der Waals surface area contributed by atoms with Crippen molar-refractivity contribution in [2.24, 2.45) is 0 Å². The summed E-state index contributed by atoms with van der Waals surface area (Å²) < 4.78 is 42.9. The van der Waals surface area contributed by atoms with Crippen molar-refractivity contribution in [1.29, 1.82) is 0 Å². The van der Waals surface area contributed by atoms with E-state index in [2.05, 4.69) is 22.6 Å². The molecule has 0 bridgehead atoms. The van der Waals surface area contributed by atoms with E-state index in [4.69, 9.17) is 4.18 Å². The van der Waals surface area contributed by atoms with Crippen molar-refractivity contribution in [1.82, 2.24) is 0 Å². The average Bonchev–Trinajstić information content (AvgIpc) is 2.32. The van der Waals surface area contributed by atoms with E-state index >= 15 is 0 Å². The molecule has 0 heterocycles. The van der Waals surface area contributed by atoms with E-state index in [1.54, 1.807) is 12.1 Å². The van der Waals surface area contributed by atoms with Crippen LogP contribution in [0, 0.1) is 9.39 Å². The lowest BCUT2D eigenvalue weighted by Gasteiger charge is -2.07. The average molecular weight is 378 g/mol. The van der Waals surface area contributed by atoms with E-state index in [1.807, 2.05) is 0 Å². The molecule has 0 saturated heterocycles. The van der Waals surface area contributed by atoms with Crippen LogP contribution < -0.4 is 4.18 Å². The molecule has 0 amide bonds. The van der Waals surface area contributed by atoms with Crippen molar-refractivity contribution in [3.8, 4) is 5.75 Å². The zero-order valence-corrected chi connectivity index (χ0v) is 12.0. The fraction of sp³-hybridized carbons (Fsp3) is 0. The molecule has 3 nitrogen and oxygen atoms in total. The summed E-state index contributed by atoms with van der Waals surface area (Å²) in [4.78, 5) is -0.469. The van der Waals surface area contributed by atoms with Crippen LogP contribution >= 0.6 is 22.6 Å². The highest BCUT2D eigenvalue weighted by Gasteiger charge is 2.20. The Morgan fingerprint density at radius 3 is 2.22 bits per heavy atom. The third-order valence-corrected chi connectivity index (χ3v) is 4.13. The number of hydrogen-bond donors (Lipinski definition) is 0. The van der Waals surface area contributed by atoms with Gasteiger partial charge in [-0.15, -0.1) is 0 Å². The van der Waals surface area contributed by atoms with Crippen LogP contribution in [0.25, 0.3) is 0 Å². The van der Waals surface area contributed by atoms with Crippen molar-refractivity contribution >= 4 is 32.7 Å². The number of hydrogen-bond acceptors (Lipinski definition) is 3. The van der Waals surface area contributed by atoms with Crippen LogP contribution in [0.3, 0.4) is 0 Å². The summed E-state index contributed by atoms with van der Waals surface area (Å²) in [7, 11) is -4.13. The second-order valence-electron chi connectivity index (χ2n) is 3.42. The van der Waals surface area contributed by atoms with Gasteiger partial charge >= 0.3 is 10.1 Å². The fourth-order valence-electron chi connectivity index (χ4n) is 1.31. The Kier molecular flexibility index (Phi) is 3.86. The molecule has 2 rings (SSSR count). The van der Waals surface area contributed by atoms with E-state index in [-0.39, 0.29) is 5.75 Å². The van der Waals surface area contributed by atoms with E-state index in [1.165, 1.54) is 24.3 Å². The van der Waals surface area contributed by atoms with E-state index in [0.29, 0.717) is 0 Å². The maximum absolute atomic E-state index is 13.4. The molecular formula is C12H8FIO3S. The maximum atomic E-state index is 13.4. The van der Waals surface area contributed by atoms with Crippen molar-refractivity contribution in [3.05, 3.63) is 57.9 Å². The smallest absolute Gasteiger partial charge is 0.342 e. The van der Waals surface area contributed by atoms with Gasteiger partial charge in [-0.05, 0) is 59.0 Å². The van der Waals surface area contributed by atoms with Gasteiger partial charge in [0.15, 0.2) is 0 Å². The van der Waals surface area contributed by atoms with Gasteiger partial charge in [-0.1, -0.05) is 12.1 Å². The van der Waals surface area contributed by atoms with Crippen molar-refractivity contribution in [3.63, 3.8) is 0 Å². The quantitative estimate of drug-likeness (QED) is 0.609. The molecule has 0 fully saturated rings. The van der Waals surface area contributed by atoms with E-state index < -0.39 is 20.8 Å². The Morgan fingerprint density at radius 1 is 1.00 bits per heavy atom. The van der Waals surface area contributed by atoms with Crippen molar-refractivity contribution in [2.75, 3.05) is 0 Å². The zero-order chi connectivity index (χ0) is 13.2. The van der Waals surface area contributed by atoms with Crippen LogP contribution in [0.1, 0.15) is 0 Å². The first kappa shape index (κ1) is 13.3. The summed E-state index contributed by atoms with van der Waals surface area (Å²) in [6.07, 6.45) is 0. The van der Waals surface area contributed by atoms with Gasteiger partial charge in [0.1, 0.15) is 16.5 Å². The molecule has 0 spiro atoms.